The van der Waals surface area contributed by atoms with Crippen LogP contribution in [0.25, 0.3) is 0 Å². The lowest BCUT2D eigenvalue weighted by Gasteiger charge is -2.62. The molecule has 38 heavy (non-hydrogen) atoms. The molecule has 1 heterocycles. The average Bonchev–Trinajstić information content (AvgIpc) is 2.84. The second kappa shape index (κ2) is 10.5. The van der Waals surface area contributed by atoms with Crippen molar-refractivity contribution in [3.05, 3.63) is 11.6 Å². The molecule has 0 amide bonds. The van der Waals surface area contributed by atoms with E-state index in [-0.39, 0.29) is 29.6 Å². The van der Waals surface area contributed by atoms with Gasteiger partial charge in [-0.05, 0) is 61.7 Å². The van der Waals surface area contributed by atoms with Crippen LogP contribution < -0.4 is 0 Å². The highest BCUT2D eigenvalue weighted by Crippen LogP contribution is 2.64. The highest BCUT2D eigenvalue weighted by atomic mass is 16.7. The Morgan fingerprint density at radius 1 is 1.05 bits per heavy atom. The van der Waals surface area contributed by atoms with Gasteiger partial charge in [0, 0.05) is 12.3 Å². The quantitative estimate of drug-likeness (QED) is 0.241. The number of aliphatic hydroxyl groups is 5. The molecule has 0 spiro atoms. The Labute approximate surface area is 224 Å². The molecule has 3 fully saturated rings. The molecule has 0 bridgehead atoms. The van der Waals surface area contributed by atoms with Crippen LogP contribution in [0.2, 0.25) is 0 Å². The van der Waals surface area contributed by atoms with E-state index >= 15 is 0 Å². The van der Waals surface area contributed by atoms with Crippen molar-refractivity contribution < 1.29 is 49.3 Å². The summed E-state index contributed by atoms with van der Waals surface area (Å²) in [7, 11) is 0. The fraction of sp³-hybridized carbons (Fsp3) is 0.857. The molecule has 5 N–H and O–H groups in total. The van der Waals surface area contributed by atoms with Gasteiger partial charge in [-0.3, -0.25) is 9.59 Å². The molecule has 216 valence electrons. The normalized spacial score (nSPS) is 46.4. The van der Waals surface area contributed by atoms with Crippen LogP contribution in [0.3, 0.4) is 0 Å². The predicted molar refractivity (Wildman–Crippen MR) is 134 cm³/mol. The van der Waals surface area contributed by atoms with Crippen molar-refractivity contribution in [1.82, 2.24) is 0 Å². The maximum absolute atomic E-state index is 13.4. The molecular weight excluding hydrogens is 496 g/mol. The van der Waals surface area contributed by atoms with E-state index in [2.05, 4.69) is 26.8 Å². The van der Waals surface area contributed by atoms with Crippen molar-refractivity contribution >= 4 is 11.8 Å². The number of fused-ring (bicyclic) bond motifs is 3. The number of allylic oxidation sites excluding steroid dienone is 2. The maximum Gasteiger partial charge on any atom is 0.302 e. The number of carbonyl (C=O) groups excluding carboxylic acids is 2. The van der Waals surface area contributed by atoms with Crippen molar-refractivity contribution in [1.29, 1.82) is 0 Å². The largest absolute Gasteiger partial charge is 0.460 e. The van der Waals surface area contributed by atoms with Crippen LogP contribution in [0.15, 0.2) is 11.6 Å². The van der Waals surface area contributed by atoms with Crippen LogP contribution in [-0.2, 0) is 23.8 Å². The van der Waals surface area contributed by atoms with Gasteiger partial charge in [0.05, 0.1) is 12.7 Å². The van der Waals surface area contributed by atoms with Gasteiger partial charge in [0.1, 0.15) is 37.1 Å². The predicted octanol–water partition coefficient (Wildman–Crippen LogP) is 0.854. The summed E-state index contributed by atoms with van der Waals surface area (Å²) in [6, 6.07) is 0. The number of aliphatic hydroxyl groups excluding tert-OH is 5. The Bertz CT molecular complexity index is 946. The van der Waals surface area contributed by atoms with Crippen molar-refractivity contribution in [3.8, 4) is 0 Å². The number of hydrogen-bond donors (Lipinski definition) is 5. The average molecular weight is 541 g/mol. The topological polar surface area (TPSA) is 163 Å². The molecule has 0 aromatic rings. The first kappa shape index (κ1) is 29.6. The number of esters is 1. The van der Waals surface area contributed by atoms with Crippen molar-refractivity contribution in [2.45, 2.75) is 110 Å². The fourth-order valence-corrected chi connectivity index (χ4v) is 7.90. The van der Waals surface area contributed by atoms with E-state index in [1.54, 1.807) is 0 Å². The summed E-state index contributed by atoms with van der Waals surface area (Å²) in [4.78, 5) is 25.1. The summed E-state index contributed by atoms with van der Waals surface area (Å²) in [5.41, 5.74) is -0.228. The minimum absolute atomic E-state index is 0.190. The SMILES string of the molecule is CC(=O)O[C@H]1C[C@@]2(C)[C@@H]3CC[C@](C)(C(=O)CO[C@@H]4O[C@H](CO)[C@@H](O)[C@H](O)[C@H]4O)C=C3CC[C@@H]2C(C)(C)[C@H]1O. The van der Waals surface area contributed by atoms with E-state index in [9.17, 15) is 35.1 Å². The smallest absolute Gasteiger partial charge is 0.302 e. The number of rotatable bonds is 6. The minimum Gasteiger partial charge on any atom is -0.460 e. The number of hydrogen-bond acceptors (Lipinski definition) is 10. The van der Waals surface area contributed by atoms with Crippen LogP contribution in [0.5, 0.6) is 0 Å². The zero-order valence-corrected chi connectivity index (χ0v) is 23.0. The second-order valence-corrected chi connectivity index (χ2v) is 12.9. The van der Waals surface area contributed by atoms with Crippen LogP contribution in [-0.4, -0.2) is 93.4 Å². The molecule has 0 aromatic carbocycles. The molecule has 0 unspecified atom stereocenters. The highest BCUT2D eigenvalue weighted by Gasteiger charge is 2.61. The van der Waals surface area contributed by atoms with E-state index in [1.165, 1.54) is 12.5 Å². The van der Waals surface area contributed by atoms with E-state index in [0.29, 0.717) is 12.8 Å². The molecule has 4 aliphatic rings. The lowest BCUT2D eigenvalue weighted by Crippen LogP contribution is -2.61. The summed E-state index contributed by atoms with van der Waals surface area (Å²) in [6.07, 6.45) is -2.77. The molecule has 3 aliphatic carbocycles. The van der Waals surface area contributed by atoms with E-state index < -0.39 is 66.3 Å². The molecule has 0 aromatic heterocycles. The summed E-state index contributed by atoms with van der Waals surface area (Å²) in [6.45, 7) is 8.64. The van der Waals surface area contributed by atoms with Gasteiger partial charge in [-0.15, -0.1) is 0 Å². The Morgan fingerprint density at radius 2 is 1.74 bits per heavy atom. The van der Waals surface area contributed by atoms with Gasteiger partial charge >= 0.3 is 5.97 Å². The Hall–Kier alpha value is -1.40. The Morgan fingerprint density at radius 3 is 2.37 bits per heavy atom. The van der Waals surface area contributed by atoms with Crippen molar-refractivity contribution in [2.75, 3.05) is 13.2 Å². The van der Waals surface area contributed by atoms with E-state index in [4.69, 9.17) is 14.2 Å². The molecule has 0 radical (unpaired) electrons. The van der Waals surface area contributed by atoms with Gasteiger partial charge < -0.3 is 39.7 Å². The third-order valence-corrected chi connectivity index (χ3v) is 10.1. The third-order valence-electron chi connectivity index (χ3n) is 10.1. The first-order valence-corrected chi connectivity index (χ1v) is 13.7. The molecule has 1 saturated heterocycles. The summed E-state index contributed by atoms with van der Waals surface area (Å²) < 4.78 is 16.5. The molecule has 10 heteroatoms. The fourth-order valence-electron chi connectivity index (χ4n) is 7.90. The molecule has 1 aliphatic heterocycles. The molecule has 4 rings (SSSR count). The first-order chi connectivity index (χ1) is 17.7. The summed E-state index contributed by atoms with van der Waals surface area (Å²) >= 11 is 0. The van der Waals surface area contributed by atoms with Gasteiger partial charge in [0.2, 0.25) is 0 Å². The van der Waals surface area contributed by atoms with Gasteiger partial charge in [0.25, 0.3) is 0 Å². The first-order valence-electron chi connectivity index (χ1n) is 13.7. The highest BCUT2D eigenvalue weighted by molar-refractivity contribution is 5.87. The lowest BCUT2D eigenvalue weighted by atomic mass is 9.44. The second-order valence-electron chi connectivity index (χ2n) is 12.9. The maximum atomic E-state index is 13.4. The van der Waals surface area contributed by atoms with Gasteiger partial charge in [-0.2, -0.15) is 0 Å². The molecule has 2 saturated carbocycles. The van der Waals surface area contributed by atoms with Crippen LogP contribution in [0.4, 0.5) is 0 Å². The lowest BCUT2D eigenvalue weighted by molar-refractivity contribution is -0.299. The number of ketones is 1. The molecule has 10 nitrogen and oxygen atoms in total. The minimum atomic E-state index is -1.57. The van der Waals surface area contributed by atoms with Crippen LogP contribution in [0.1, 0.15) is 66.7 Å². The summed E-state index contributed by atoms with van der Waals surface area (Å²) in [5, 5.41) is 50.6. The number of Topliss-reactive ketones (excluding diaryl/α,β-unsaturated/α-hetero) is 1. The van der Waals surface area contributed by atoms with Gasteiger partial charge in [-0.1, -0.05) is 32.4 Å². The van der Waals surface area contributed by atoms with Crippen LogP contribution in [0, 0.1) is 28.1 Å². The van der Waals surface area contributed by atoms with Crippen LogP contribution >= 0.6 is 0 Å². The van der Waals surface area contributed by atoms with Gasteiger partial charge in [0.15, 0.2) is 12.1 Å². The van der Waals surface area contributed by atoms with Crippen molar-refractivity contribution in [2.24, 2.45) is 28.1 Å². The van der Waals surface area contributed by atoms with E-state index in [1.807, 2.05) is 6.92 Å². The number of ether oxygens (including phenoxy) is 3. The zero-order chi connectivity index (χ0) is 28.2. The Kier molecular flexibility index (Phi) is 8.20. The number of carbonyl (C=O) groups is 2. The molecular formula is C28H44O10. The zero-order valence-electron chi connectivity index (χ0n) is 23.0. The standard InChI is InChI=1S/C28H44O10/c1-14(30)37-17-11-28(5)16-8-9-27(4,10-15(16)6-7-19(28)26(2,3)24(17)35)20(31)13-36-25-23(34)22(33)21(32)18(12-29)38-25/h10,16-19,21-25,29,32-35H,6-9,11-13H2,1-5H3/t16-,17+,18-,19-,21-,22+,23-,24+,25-,27+,28+/m1/s1. The molecule has 11 atom stereocenters. The monoisotopic (exact) mass is 540 g/mol. The Balaban J connectivity index is 1.49. The van der Waals surface area contributed by atoms with E-state index in [0.717, 1.165) is 19.3 Å². The third kappa shape index (κ3) is 4.98. The van der Waals surface area contributed by atoms with Gasteiger partial charge in [-0.25, -0.2) is 0 Å². The summed E-state index contributed by atoms with van der Waals surface area (Å²) in [5.74, 6) is -0.170. The van der Waals surface area contributed by atoms with Crippen molar-refractivity contribution in [3.63, 3.8) is 0 Å².